The molecule has 1 aromatic carbocycles. The number of thiazole rings is 1. The zero-order chi connectivity index (χ0) is 21.6. The van der Waals surface area contributed by atoms with Crippen molar-refractivity contribution in [1.29, 1.82) is 0 Å². The molecule has 4 aliphatic rings. The van der Waals surface area contributed by atoms with E-state index in [1.165, 1.54) is 12.1 Å². The van der Waals surface area contributed by atoms with Crippen molar-refractivity contribution >= 4 is 40.9 Å². The third-order valence-corrected chi connectivity index (χ3v) is 9.93. The third kappa shape index (κ3) is 2.57. The zero-order valence-corrected chi connectivity index (χ0v) is 17.6. The Kier molecular flexibility index (Phi) is 4.05. The predicted molar refractivity (Wildman–Crippen MR) is 109 cm³/mol. The van der Waals surface area contributed by atoms with Gasteiger partial charge in [-0.15, -0.1) is 11.8 Å². The number of H-pyrrole nitrogens is 1. The van der Waals surface area contributed by atoms with Crippen molar-refractivity contribution in [3.05, 3.63) is 50.2 Å². The fourth-order valence-corrected chi connectivity index (χ4v) is 9.30. The highest BCUT2D eigenvalue weighted by Crippen LogP contribution is 2.68. The van der Waals surface area contributed by atoms with Gasteiger partial charge in [0.25, 0.3) is 0 Å². The molecule has 6 rings (SSSR count). The molecular weight excluding hydrogens is 443 g/mol. The number of carbonyl (C=O) groups excluding carboxylic acids is 2. The zero-order valence-electron chi connectivity index (χ0n) is 16.0. The first-order valence-corrected chi connectivity index (χ1v) is 11.8. The van der Waals surface area contributed by atoms with Crippen molar-refractivity contribution in [3.8, 4) is 0 Å². The number of amides is 2. The third-order valence-electron chi connectivity index (χ3n) is 7.34. The van der Waals surface area contributed by atoms with Crippen LogP contribution in [0, 0.1) is 35.4 Å². The first kappa shape index (κ1) is 19.2. The van der Waals surface area contributed by atoms with Gasteiger partial charge < -0.3 is 10.1 Å². The molecule has 2 N–H and O–H groups in total. The van der Waals surface area contributed by atoms with Gasteiger partial charge in [-0.3, -0.25) is 24.1 Å². The summed E-state index contributed by atoms with van der Waals surface area (Å²) in [7, 11) is 0. The number of carbonyl (C=O) groups is 3. The monoisotopic (exact) mass is 460 g/mol. The number of halogens is 1. The van der Waals surface area contributed by atoms with E-state index in [2.05, 4.69) is 4.98 Å². The molecule has 2 saturated carbocycles. The van der Waals surface area contributed by atoms with Gasteiger partial charge in [0.2, 0.25) is 11.8 Å². The lowest BCUT2D eigenvalue weighted by molar-refractivity contribution is -0.149. The van der Waals surface area contributed by atoms with Crippen LogP contribution in [-0.4, -0.2) is 44.6 Å². The molecule has 31 heavy (non-hydrogen) atoms. The summed E-state index contributed by atoms with van der Waals surface area (Å²) in [5.41, 5.74) is 0.886. The lowest BCUT2D eigenvalue weighted by Gasteiger charge is -2.43. The molecule has 2 amide bonds. The number of fused-ring (bicyclic) bond motifs is 9. The molecule has 2 aliphatic heterocycles. The molecule has 2 aliphatic carbocycles. The maximum Gasteiger partial charge on any atom is 0.323 e. The van der Waals surface area contributed by atoms with E-state index < -0.39 is 24.3 Å². The number of aromatic amines is 1. The SMILES string of the molecule is O=C(O)CN1C(=O)[C@@H]2[C@H]3C[C@@H]([C@@H]4Sc5[nH]c(=O)sc5[C@@H](c5ccc(F)cc5)[C@@H]34)[C@H]2C1=O. The summed E-state index contributed by atoms with van der Waals surface area (Å²) >= 11 is 2.71. The van der Waals surface area contributed by atoms with Crippen LogP contribution in [-0.2, 0) is 14.4 Å². The number of carboxylic acids is 1. The highest BCUT2D eigenvalue weighted by Gasteiger charge is 2.69. The van der Waals surface area contributed by atoms with E-state index in [4.69, 9.17) is 5.11 Å². The van der Waals surface area contributed by atoms with E-state index >= 15 is 0 Å². The molecule has 3 fully saturated rings. The van der Waals surface area contributed by atoms with E-state index in [1.54, 1.807) is 23.9 Å². The van der Waals surface area contributed by atoms with Crippen molar-refractivity contribution in [2.45, 2.75) is 22.6 Å². The number of benzene rings is 1. The van der Waals surface area contributed by atoms with Gasteiger partial charge in [-0.1, -0.05) is 23.5 Å². The van der Waals surface area contributed by atoms with E-state index in [0.29, 0.717) is 0 Å². The van der Waals surface area contributed by atoms with Crippen LogP contribution in [0.5, 0.6) is 0 Å². The Morgan fingerprint density at radius 1 is 1.13 bits per heavy atom. The highest BCUT2D eigenvalue weighted by molar-refractivity contribution is 8.00. The molecule has 10 heteroatoms. The molecule has 7 atom stereocenters. The van der Waals surface area contributed by atoms with Crippen LogP contribution in [0.4, 0.5) is 4.39 Å². The van der Waals surface area contributed by atoms with Crippen molar-refractivity contribution < 1.29 is 23.9 Å². The molecule has 3 heterocycles. The van der Waals surface area contributed by atoms with Gasteiger partial charge in [-0.2, -0.15) is 0 Å². The average Bonchev–Trinajstić information content (AvgIpc) is 3.44. The number of nitrogens with zero attached hydrogens (tertiary/aromatic N) is 1. The van der Waals surface area contributed by atoms with Crippen LogP contribution in [0.15, 0.2) is 34.1 Å². The summed E-state index contributed by atoms with van der Waals surface area (Å²) in [5.74, 6) is -3.62. The molecule has 0 radical (unpaired) electrons. The van der Waals surface area contributed by atoms with Gasteiger partial charge >= 0.3 is 10.8 Å². The molecular formula is C21H17FN2O5S2. The van der Waals surface area contributed by atoms with Crippen LogP contribution < -0.4 is 4.87 Å². The summed E-state index contributed by atoms with van der Waals surface area (Å²) in [6, 6.07) is 6.25. The van der Waals surface area contributed by atoms with Crippen LogP contribution in [0.2, 0.25) is 0 Å². The lowest BCUT2D eigenvalue weighted by atomic mass is 9.68. The van der Waals surface area contributed by atoms with Crippen LogP contribution in [0.25, 0.3) is 0 Å². The topological polar surface area (TPSA) is 108 Å². The molecule has 2 aromatic rings. The molecule has 1 aromatic heterocycles. The van der Waals surface area contributed by atoms with Crippen molar-refractivity contribution in [1.82, 2.24) is 9.88 Å². The summed E-state index contributed by atoms with van der Waals surface area (Å²) < 4.78 is 13.6. The Bertz CT molecular complexity index is 1190. The van der Waals surface area contributed by atoms with Crippen LogP contribution in [0.3, 0.4) is 0 Å². The van der Waals surface area contributed by atoms with Crippen molar-refractivity contribution in [2.24, 2.45) is 29.6 Å². The molecule has 0 spiro atoms. The second-order valence-electron chi connectivity index (χ2n) is 8.67. The number of likely N-dealkylation sites (tertiary alicyclic amines) is 1. The number of hydrogen-bond donors (Lipinski definition) is 2. The van der Waals surface area contributed by atoms with Gasteiger partial charge in [0, 0.05) is 16.0 Å². The minimum Gasteiger partial charge on any atom is -0.480 e. The van der Waals surface area contributed by atoms with E-state index in [-0.39, 0.29) is 51.4 Å². The summed E-state index contributed by atoms with van der Waals surface area (Å²) in [4.78, 5) is 53.9. The fraction of sp³-hybridized carbons (Fsp3) is 0.429. The Morgan fingerprint density at radius 2 is 1.81 bits per heavy atom. The number of aliphatic carboxylic acids is 1. The van der Waals surface area contributed by atoms with Gasteiger partial charge in [0.15, 0.2) is 0 Å². The van der Waals surface area contributed by atoms with E-state index in [9.17, 15) is 23.6 Å². The van der Waals surface area contributed by atoms with Crippen LogP contribution >= 0.6 is 23.1 Å². The number of aromatic nitrogens is 1. The molecule has 2 bridgehead atoms. The summed E-state index contributed by atoms with van der Waals surface area (Å²) in [6.45, 7) is -0.603. The number of imide groups is 1. The molecule has 7 nitrogen and oxygen atoms in total. The first-order valence-electron chi connectivity index (χ1n) is 10.1. The summed E-state index contributed by atoms with van der Waals surface area (Å²) in [6.07, 6.45) is 0.729. The lowest BCUT2D eigenvalue weighted by Crippen LogP contribution is -2.42. The second-order valence-corrected chi connectivity index (χ2v) is 10.9. The van der Waals surface area contributed by atoms with Gasteiger partial charge in [0.05, 0.1) is 16.9 Å². The molecule has 0 unspecified atom stereocenters. The van der Waals surface area contributed by atoms with Crippen LogP contribution in [0.1, 0.15) is 22.8 Å². The standard InChI is InChI=1S/C21H17FN2O5S2/c22-8-3-1-7(2-4-8)12-13-9-5-10(16(13)30-18-17(12)31-21(29)23-18)15-14(9)19(27)24(20(15)28)6-11(25)26/h1-4,9-10,12-16H,5-6H2,(H,23,29)(H,25,26)/t9-,10+,12-,13+,14+,15+,16-/m0/s1. The van der Waals surface area contributed by atoms with E-state index in [0.717, 1.165) is 38.1 Å². The number of nitrogens with one attached hydrogen (secondary N) is 1. The van der Waals surface area contributed by atoms with E-state index in [1.807, 2.05) is 0 Å². The van der Waals surface area contributed by atoms with Gasteiger partial charge in [-0.05, 0) is 41.9 Å². The average molecular weight is 461 g/mol. The number of thioether (sulfide) groups is 1. The Hall–Kier alpha value is -2.46. The Labute approximate surface area is 183 Å². The molecule has 1 saturated heterocycles. The highest BCUT2D eigenvalue weighted by atomic mass is 32.2. The quantitative estimate of drug-likeness (QED) is 0.680. The maximum absolute atomic E-state index is 13.6. The first-order chi connectivity index (χ1) is 14.8. The predicted octanol–water partition coefficient (Wildman–Crippen LogP) is 2.13. The summed E-state index contributed by atoms with van der Waals surface area (Å²) in [5, 5.41) is 9.96. The van der Waals surface area contributed by atoms with Crippen molar-refractivity contribution in [2.75, 3.05) is 6.54 Å². The minimum absolute atomic E-state index is 0.0159. The fourth-order valence-electron chi connectivity index (χ4n) is 6.41. The largest absolute Gasteiger partial charge is 0.480 e. The van der Waals surface area contributed by atoms with Gasteiger partial charge in [-0.25, -0.2) is 4.39 Å². The second kappa shape index (κ2) is 6.52. The number of hydrogen-bond acceptors (Lipinski definition) is 6. The van der Waals surface area contributed by atoms with Gasteiger partial charge in [0.1, 0.15) is 12.4 Å². The minimum atomic E-state index is -1.20. The number of rotatable bonds is 3. The Morgan fingerprint density at radius 3 is 2.48 bits per heavy atom. The Balaban J connectivity index is 1.45. The smallest absolute Gasteiger partial charge is 0.323 e. The van der Waals surface area contributed by atoms with Crippen molar-refractivity contribution in [3.63, 3.8) is 0 Å². The maximum atomic E-state index is 13.6. The number of carboxylic acid groups (broad SMARTS) is 1. The molecule has 160 valence electrons. The normalized spacial score (nSPS) is 35.3.